The minimum absolute atomic E-state index is 0.232. The number of anilines is 1. The van der Waals surface area contributed by atoms with Crippen LogP contribution in [-0.2, 0) is 6.42 Å². The minimum Gasteiger partial charge on any atom is -0.439 e. The molecule has 0 spiro atoms. The number of halogens is 1. The van der Waals surface area contributed by atoms with E-state index in [1.54, 1.807) is 42.5 Å². The summed E-state index contributed by atoms with van der Waals surface area (Å²) in [6.45, 7) is 2.08. The highest BCUT2D eigenvalue weighted by molar-refractivity contribution is 6.04. The number of aromatic nitrogens is 2. The van der Waals surface area contributed by atoms with E-state index in [2.05, 4.69) is 22.2 Å². The van der Waals surface area contributed by atoms with Crippen molar-refractivity contribution in [1.29, 1.82) is 0 Å². The van der Waals surface area contributed by atoms with Gasteiger partial charge < -0.3 is 10.1 Å². The number of rotatable bonds is 6. The molecule has 154 valence electrons. The number of nitrogens with zero attached hydrogens (tertiary/aromatic N) is 2. The number of amides is 1. The molecule has 0 aliphatic heterocycles. The fraction of sp³-hybridized carbons (Fsp3) is 0.0800. The Morgan fingerprint density at radius 2 is 1.74 bits per heavy atom. The highest BCUT2D eigenvalue weighted by Gasteiger charge is 2.09. The lowest BCUT2D eigenvalue weighted by atomic mass is 10.1. The van der Waals surface area contributed by atoms with Crippen molar-refractivity contribution in [2.24, 2.45) is 0 Å². The van der Waals surface area contributed by atoms with E-state index in [0.29, 0.717) is 22.9 Å². The highest BCUT2D eigenvalue weighted by Crippen LogP contribution is 2.25. The van der Waals surface area contributed by atoms with E-state index >= 15 is 0 Å². The van der Waals surface area contributed by atoms with Crippen LogP contribution in [0, 0.1) is 5.82 Å². The van der Waals surface area contributed by atoms with Crippen molar-refractivity contribution in [3.63, 3.8) is 0 Å². The van der Waals surface area contributed by atoms with Gasteiger partial charge in [0.15, 0.2) is 0 Å². The molecule has 31 heavy (non-hydrogen) atoms. The summed E-state index contributed by atoms with van der Waals surface area (Å²) in [5.41, 5.74) is 3.75. The zero-order valence-corrected chi connectivity index (χ0v) is 16.9. The van der Waals surface area contributed by atoms with Gasteiger partial charge in [0, 0.05) is 22.9 Å². The Morgan fingerprint density at radius 1 is 0.968 bits per heavy atom. The summed E-state index contributed by atoms with van der Waals surface area (Å²) in [7, 11) is 0. The van der Waals surface area contributed by atoms with Gasteiger partial charge in [-0.3, -0.25) is 4.79 Å². The molecule has 3 aromatic carbocycles. The largest absolute Gasteiger partial charge is 0.439 e. The molecule has 0 saturated heterocycles. The number of carbonyl (C=O) groups excluding carboxylic acids is 1. The Kier molecular flexibility index (Phi) is 5.98. The first-order chi connectivity index (χ1) is 15.1. The van der Waals surface area contributed by atoms with Gasteiger partial charge in [0.1, 0.15) is 17.9 Å². The lowest BCUT2D eigenvalue weighted by Gasteiger charge is -2.09. The van der Waals surface area contributed by atoms with Gasteiger partial charge in [-0.1, -0.05) is 25.1 Å². The number of nitrogens with one attached hydrogen (secondary N) is 1. The van der Waals surface area contributed by atoms with E-state index in [1.807, 2.05) is 24.3 Å². The number of ether oxygens (including phenoxy) is 1. The molecule has 4 aromatic rings. The van der Waals surface area contributed by atoms with Crippen molar-refractivity contribution in [3.05, 3.63) is 102 Å². The molecule has 5 nitrogen and oxygen atoms in total. The molecule has 0 radical (unpaired) electrons. The third-order valence-electron chi connectivity index (χ3n) is 4.72. The molecule has 0 aliphatic rings. The van der Waals surface area contributed by atoms with Gasteiger partial charge in [-0.25, -0.2) is 14.4 Å². The van der Waals surface area contributed by atoms with Crippen molar-refractivity contribution < 1.29 is 13.9 Å². The van der Waals surface area contributed by atoms with Crippen LogP contribution in [0.5, 0.6) is 11.6 Å². The van der Waals surface area contributed by atoms with Gasteiger partial charge in [0.05, 0.1) is 5.69 Å². The molecule has 1 aromatic heterocycles. The third-order valence-corrected chi connectivity index (χ3v) is 4.72. The van der Waals surface area contributed by atoms with Crippen molar-refractivity contribution in [3.8, 4) is 22.9 Å². The molecule has 0 unspecified atom stereocenters. The molecular formula is C25H20FN3O2. The maximum absolute atomic E-state index is 13.2. The van der Waals surface area contributed by atoms with Gasteiger partial charge >= 0.3 is 0 Å². The third kappa shape index (κ3) is 5.11. The normalized spacial score (nSPS) is 10.5. The van der Waals surface area contributed by atoms with Crippen LogP contribution in [0.4, 0.5) is 10.1 Å². The van der Waals surface area contributed by atoms with Crippen LogP contribution >= 0.6 is 0 Å². The topological polar surface area (TPSA) is 64.1 Å². The van der Waals surface area contributed by atoms with Crippen molar-refractivity contribution >= 4 is 11.6 Å². The standard InChI is InChI=1S/C25H20FN3O2/c1-2-17-6-12-21(13-7-17)29-25(30)19-4-3-5-22(14-19)31-24-15-23(27-16-28-24)18-8-10-20(26)11-9-18/h3-16H,2H2,1H3,(H,29,30). The lowest BCUT2D eigenvalue weighted by Crippen LogP contribution is -2.11. The molecule has 4 rings (SSSR count). The van der Waals surface area contributed by atoms with E-state index in [1.165, 1.54) is 24.0 Å². The van der Waals surface area contributed by atoms with E-state index < -0.39 is 0 Å². The summed E-state index contributed by atoms with van der Waals surface area (Å²) in [5, 5.41) is 2.89. The quantitative estimate of drug-likeness (QED) is 0.428. The Labute approximate surface area is 179 Å². The summed E-state index contributed by atoms with van der Waals surface area (Å²) in [5.74, 6) is 0.245. The zero-order valence-electron chi connectivity index (χ0n) is 16.9. The number of aryl methyl sites for hydroxylation is 1. The Balaban J connectivity index is 1.48. The van der Waals surface area contributed by atoms with Gasteiger partial charge in [-0.15, -0.1) is 0 Å². The molecular weight excluding hydrogens is 393 g/mol. The summed E-state index contributed by atoms with van der Waals surface area (Å²) >= 11 is 0. The van der Waals surface area contributed by atoms with Crippen LogP contribution < -0.4 is 10.1 Å². The SMILES string of the molecule is CCc1ccc(NC(=O)c2cccc(Oc3cc(-c4ccc(F)cc4)ncn3)c2)cc1. The predicted molar refractivity (Wildman–Crippen MR) is 118 cm³/mol. The van der Waals surface area contributed by atoms with Crippen LogP contribution in [0.1, 0.15) is 22.8 Å². The molecule has 0 fully saturated rings. The first kappa shape index (κ1) is 20.2. The molecule has 0 bridgehead atoms. The minimum atomic E-state index is -0.314. The molecule has 0 saturated carbocycles. The first-order valence-corrected chi connectivity index (χ1v) is 9.87. The van der Waals surface area contributed by atoms with Gasteiger partial charge in [-0.2, -0.15) is 0 Å². The van der Waals surface area contributed by atoms with Crippen LogP contribution in [-0.4, -0.2) is 15.9 Å². The van der Waals surface area contributed by atoms with E-state index in [9.17, 15) is 9.18 Å². The van der Waals surface area contributed by atoms with Crippen molar-refractivity contribution in [1.82, 2.24) is 9.97 Å². The first-order valence-electron chi connectivity index (χ1n) is 9.87. The Hall–Kier alpha value is -4.06. The molecule has 1 heterocycles. The second kappa shape index (κ2) is 9.17. The monoisotopic (exact) mass is 413 g/mol. The maximum atomic E-state index is 13.2. The van der Waals surface area contributed by atoms with Crippen LogP contribution in [0.25, 0.3) is 11.3 Å². The summed E-state index contributed by atoms with van der Waals surface area (Å²) in [6, 6.07) is 22.3. The second-order valence-electron chi connectivity index (χ2n) is 6.88. The van der Waals surface area contributed by atoms with Crippen LogP contribution in [0.3, 0.4) is 0 Å². The van der Waals surface area contributed by atoms with Gasteiger partial charge in [0.2, 0.25) is 5.88 Å². The van der Waals surface area contributed by atoms with Crippen LogP contribution in [0.15, 0.2) is 85.2 Å². The molecule has 1 amide bonds. The van der Waals surface area contributed by atoms with Gasteiger partial charge in [0.25, 0.3) is 5.91 Å². The molecule has 0 aliphatic carbocycles. The summed E-state index contributed by atoms with van der Waals surface area (Å²) < 4.78 is 19.0. The fourth-order valence-corrected chi connectivity index (χ4v) is 3.02. The highest BCUT2D eigenvalue weighted by atomic mass is 19.1. The van der Waals surface area contributed by atoms with Crippen molar-refractivity contribution in [2.75, 3.05) is 5.32 Å². The number of hydrogen-bond acceptors (Lipinski definition) is 4. The van der Waals surface area contributed by atoms with E-state index in [4.69, 9.17) is 4.74 Å². The predicted octanol–water partition coefficient (Wildman–Crippen LogP) is 5.89. The average Bonchev–Trinajstić information content (AvgIpc) is 2.80. The van der Waals surface area contributed by atoms with E-state index in [-0.39, 0.29) is 11.7 Å². The lowest BCUT2D eigenvalue weighted by molar-refractivity contribution is 0.102. The summed E-state index contributed by atoms with van der Waals surface area (Å²) in [6.07, 6.45) is 2.32. The average molecular weight is 413 g/mol. The molecule has 6 heteroatoms. The molecule has 1 N–H and O–H groups in total. The van der Waals surface area contributed by atoms with Crippen molar-refractivity contribution in [2.45, 2.75) is 13.3 Å². The Bertz CT molecular complexity index is 1190. The number of hydrogen-bond donors (Lipinski definition) is 1. The van der Waals surface area contributed by atoms with Gasteiger partial charge in [-0.05, 0) is 66.6 Å². The number of carbonyl (C=O) groups is 1. The Morgan fingerprint density at radius 3 is 2.48 bits per heavy atom. The van der Waals surface area contributed by atoms with Crippen LogP contribution in [0.2, 0.25) is 0 Å². The smallest absolute Gasteiger partial charge is 0.255 e. The second-order valence-corrected chi connectivity index (χ2v) is 6.88. The molecule has 0 atom stereocenters. The fourth-order valence-electron chi connectivity index (χ4n) is 3.02. The maximum Gasteiger partial charge on any atom is 0.255 e. The zero-order chi connectivity index (χ0) is 21.6. The summed E-state index contributed by atoms with van der Waals surface area (Å²) in [4.78, 5) is 21.0. The number of benzene rings is 3. The van der Waals surface area contributed by atoms with E-state index in [0.717, 1.165) is 17.7 Å².